The lowest BCUT2D eigenvalue weighted by Gasteiger charge is -2.15. The number of ether oxygens (including phenoxy) is 2. The van der Waals surface area contributed by atoms with E-state index in [0.29, 0.717) is 19.3 Å². The third-order valence-electron chi connectivity index (χ3n) is 8.07. The molecule has 0 amide bonds. The van der Waals surface area contributed by atoms with Gasteiger partial charge in [0.1, 0.15) is 6.61 Å². The molecule has 6 heteroatoms. The Morgan fingerprint density at radius 2 is 1.00 bits per heavy atom. The van der Waals surface area contributed by atoms with Crippen LogP contribution < -0.4 is 0 Å². The van der Waals surface area contributed by atoms with Crippen molar-refractivity contribution in [1.82, 2.24) is 0 Å². The molecule has 0 aliphatic carbocycles. The summed E-state index contributed by atoms with van der Waals surface area (Å²) in [6, 6.07) is 0. The Kier molecular flexibility index (Phi) is 33.5. The SMILES string of the molecule is CC(C)CCCCCCCCCCCCCCC(=O)O[C@@H](CO)COC(=O)CCC/C=C\C/C=C\C/C=C\C/C=C\CCC[C@@H](C)O. The second-order valence-electron chi connectivity index (χ2n) is 13.4. The van der Waals surface area contributed by atoms with Gasteiger partial charge in [-0.3, -0.25) is 9.59 Å². The lowest BCUT2D eigenvalue weighted by atomic mass is 10.0. The fourth-order valence-electron chi connectivity index (χ4n) is 5.16. The van der Waals surface area contributed by atoms with Crippen molar-refractivity contribution in [1.29, 1.82) is 0 Å². The number of aliphatic hydroxyl groups excluding tert-OH is 2. The van der Waals surface area contributed by atoms with E-state index in [1.165, 1.54) is 64.2 Å². The zero-order chi connectivity index (χ0) is 34.6. The van der Waals surface area contributed by atoms with Gasteiger partial charge in [0.05, 0.1) is 12.7 Å². The highest BCUT2D eigenvalue weighted by atomic mass is 16.6. The van der Waals surface area contributed by atoms with Crippen LogP contribution in [0.5, 0.6) is 0 Å². The number of hydrogen-bond acceptors (Lipinski definition) is 6. The van der Waals surface area contributed by atoms with Crippen LogP contribution in [0.1, 0.15) is 168 Å². The zero-order valence-electron chi connectivity index (χ0n) is 30.6. The van der Waals surface area contributed by atoms with Crippen molar-refractivity contribution < 1.29 is 29.3 Å². The largest absolute Gasteiger partial charge is 0.462 e. The maximum atomic E-state index is 12.1. The number of rotatable bonds is 33. The minimum Gasteiger partial charge on any atom is -0.462 e. The van der Waals surface area contributed by atoms with Gasteiger partial charge < -0.3 is 19.7 Å². The standard InChI is InChI=1S/C41H72O6/c1-37(2)31-27-23-19-15-11-9-10-14-18-22-26-30-34-41(45)47-39(35-42)36-46-40(44)33-29-25-21-17-13-8-6-4-5-7-12-16-20-24-28-32-38(3)43/h5-8,16-17,20-21,37-39,42-43H,4,9-15,18-19,22-36H2,1-3H3/b7-5-,8-6-,20-16-,21-17-/t38-,39+/m1/s1. The molecule has 0 saturated heterocycles. The second-order valence-corrected chi connectivity index (χ2v) is 13.4. The molecule has 0 spiro atoms. The Morgan fingerprint density at radius 1 is 0.553 bits per heavy atom. The van der Waals surface area contributed by atoms with E-state index >= 15 is 0 Å². The summed E-state index contributed by atoms with van der Waals surface area (Å²) in [6.07, 6.45) is 40.2. The number of hydrogen-bond donors (Lipinski definition) is 2. The molecule has 2 atom stereocenters. The van der Waals surface area contributed by atoms with Gasteiger partial charge in [-0.2, -0.15) is 0 Å². The fourth-order valence-corrected chi connectivity index (χ4v) is 5.16. The number of esters is 2. The van der Waals surface area contributed by atoms with Crippen LogP contribution in [-0.2, 0) is 19.1 Å². The quantitative estimate of drug-likeness (QED) is 0.0413. The Hall–Kier alpha value is -2.18. The highest BCUT2D eigenvalue weighted by Crippen LogP contribution is 2.15. The summed E-state index contributed by atoms with van der Waals surface area (Å²) < 4.78 is 10.5. The third kappa shape index (κ3) is 36.5. The summed E-state index contributed by atoms with van der Waals surface area (Å²) in [5.41, 5.74) is 0. The van der Waals surface area contributed by atoms with Crippen molar-refractivity contribution >= 4 is 11.9 Å². The predicted molar refractivity (Wildman–Crippen MR) is 197 cm³/mol. The van der Waals surface area contributed by atoms with Gasteiger partial charge in [-0.15, -0.1) is 0 Å². The number of unbranched alkanes of at least 4 members (excludes halogenated alkanes) is 13. The van der Waals surface area contributed by atoms with Gasteiger partial charge in [-0.05, 0) is 70.6 Å². The van der Waals surface area contributed by atoms with E-state index in [-0.39, 0.29) is 31.3 Å². The molecule has 2 N–H and O–H groups in total. The van der Waals surface area contributed by atoms with Crippen LogP contribution >= 0.6 is 0 Å². The van der Waals surface area contributed by atoms with Crippen molar-refractivity contribution in [2.75, 3.05) is 13.2 Å². The van der Waals surface area contributed by atoms with Gasteiger partial charge in [-0.25, -0.2) is 0 Å². The molecular formula is C41H72O6. The molecule has 0 radical (unpaired) electrons. The van der Waals surface area contributed by atoms with Crippen LogP contribution in [0.15, 0.2) is 48.6 Å². The van der Waals surface area contributed by atoms with Crippen LogP contribution in [0, 0.1) is 5.92 Å². The first-order valence-electron chi connectivity index (χ1n) is 19.1. The summed E-state index contributed by atoms with van der Waals surface area (Å²) in [5, 5.41) is 18.8. The lowest BCUT2D eigenvalue weighted by molar-refractivity contribution is -0.161. The summed E-state index contributed by atoms with van der Waals surface area (Å²) in [5.74, 6) is 0.160. The maximum absolute atomic E-state index is 12.1. The van der Waals surface area contributed by atoms with Crippen molar-refractivity contribution in [2.24, 2.45) is 5.92 Å². The average Bonchev–Trinajstić information content (AvgIpc) is 3.04. The molecular weight excluding hydrogens is 588 g/mol. The normalized spacial score (nSPS) is 13.5. The molecule has 0 bridgehead atoms. The molecule has 0 aliphatic rings. The van der Waals surface area contributed by atoms with Crippen LogP contribution in [0.3, 0.4) is 0 Å². The van der Waals surface area contributed by atoms with Gasteiger partial charge >= 0.3 is 11.9 Å². The Balaban J connectivity index is 3.67. The van der Waals surface area contributed by atoms with E-state index < -0.39 is 6.10 Å². The average molecular weight is 661 g/mol. The van der Waals surface area contributed by atoms with Gasteiger partial charge in [-0.1, -0.05) is 140 Å². The minimum absolute atomic E-state index is 0.103. The highest BCUT2D eigenvalue weighted by molar-refractivity contribution is 5.70. The number of carbonyl (C=O) groups is 2. The summed E-state index contributed by atoms with van der Waals surface area (Å²) in [6.45, 7) is 5.97. The molecule has 272 valence electrons. The van der Waals surface area contributed by atoms with Crippen molar-refractivity contribution in [3.8, 4) is 0 Å². The first kappa shape index (κ1) is 44.8. The molecule has 47 heavy (non-hydrogen) atoms. The Bertz CT molecular complexity index is 826. The molecule has 0 aromatic rings. The molecule has 0 rings (SSSR count). The van der Waals surface area contributed by atoms with Crippen LogP contribution in [0.4, 0.5) is 0 Å². The molecule has 0 aromatic heterocycles. The summed E-state index contributed by atoms with van der Waals surface area (Å²) in [4.78, 5) is 24.2. The first-order valence-corrected chi connectivity index (χ1v) is 19.1. The van der Waals surface area contributed by atoms with E-state index in [9.17, 15) is 19.8 Å². The van der Waals surface area contributed by atoms with E-state index in [1.807, 2.05) is 6.92 Å². The number of allylic oxidation sites excluding steroid dienone is 8. The molecule has 0 unspecified atom stereocenters. The van der Waals surface area contributed by atoms with E-state index in [0.717, 1.165) is 70.1 Å². The van der Waals surface area contributed by atoms with Crippen molar-refractivity contribution in [2.45, 2.75) is 181 Å². The summed E-state index contributed by atoms with van der Waals surface area (Å²) >= 11 is 0. The smallest absolute Gasteiger partial charge is 0.306 e. The Labute approximate surface area is 289 Å². The van der Waals surface area contributed by atoms with Gasteiger partial charge in [0.15, 0.2) is 6.10 Å². The molecule has 6 nitrogen and oxygen atoms in total. The number of carbonyl (C=O) groups excluding carboxylic acids is 2. The molecule has 0 fully saturated rings. The minimum atomic E-state index is -0.800. The first-order chi connectivity index (χ1) is 22.8. The van der Waals surface area contributed by atoms with Gasteiger partial charge in [0.2, 0.25) is 0 Å². The maximum Gasteiger partial charge on any atom is 0.306 e. The second kappa shape index (κ2) is 35.1. The van der Waals surface area contributed by atoms with E-state index in [4.69, 9.17) is 9.47 Å². The Morgan fingerprint density at radius 3 is 1.49 bits per heavy atom. The topological polar surface area (TPSA) is 93.1 Å². The van der Waals surface area contributed by atoms with Crippen LogP contribution in [0.2, 0.25) is 0 Å². The monoisotopic (exact) mass is 661 g/mol. The predicted octanol–water partition coefficient (Wildman–Crippen LogP) is 10.7. The zero-order valence-corrected chi connectivity index (χ0v) is 30.6. The van der Waals surface area contributed by atoms with Crippen LogP contribution in [-0.4, -0.2) is 47.6 Å². The van der Waals surface area contributed by atoms with Gasteiger partial charge in [0, 0.05) is 12.8 Å². The van der Waals surface area contributed by atoms with E-state index in [2.05, 4.69) is 62.5 Å². The number of aliphatic hydroxyl groups is 2. The molecule has 0 saturated carbocycles. The van der Waals surface area contributed by atoms with Crippen molar-refractivity contribution in [3.05, 3.63) is 48.6 Å². The highest BCUT2D eigenvalue weighted by Gasteiger charge is 2.16. The van der Waals surface area contributed by atoms with Crippen molar-refractivity contribution in [3.63, 3.8) is 0 Å². The molecule has 0 heterocycles. The lowest BCUT2D eigenvalue weighted by Crippen LogP contribution is -2.28. The van der Waals surface area contributed by atoms with Gasteiger partial charge in [0.25, 0.3) is 0 Å². The van der Waals surface area contributed by atoms with E-state index in [1.54, 1.807) is 0 Å². The third-order valence-corrected chi connectivity index (χ3v) is 8.07. The molecule has 0 aliphatic heterocycles. The summed E-state index contributed by atoms with van der Waals surface area (Å²) in [7, 11) is 0. The molecule has 0 aromatic carbocycles. The van der Waals surface area contributed by atoms with Crippen LogP contribution in [0.25, 0.3) is 0 Å². The fraction of sp³-hybridized carbons (Fsp3) is 0.756.